The van der Waals surface area contributed by atoms with Gasteiger partial charge in [0.2, 0.25) is 0 Å². The first-order chi connectivity index (χ1) is 20.8. The van der Waals surface area contributed by atoms with Crippen LogP contribution in [0.4, 0.5) is 0 Å². The number of aromatic amines is 1. The topological polar surface area (TPSA) is 147 Å². The lowest BCUT2D eigenvalue weighted by atomic mass is 9.94. The minimum Gasteiger partial charge on any atom is -0.493 e. The summed E-state index contributed by atoms with van der Waals surface area (Å²) in [5, 5.41) is 12.0. The summed E-state index contributed by atoms with van der Waals surface area (Å²) in [5.41, 5.74) is 1.24. The lowest BCUT2D eigenvalue weighted by molar-refractivity contribution is -0.142. The Morgan fingerprint density at radius 3 is 2.84 bits per heavy atom. The molecule has 3 heterocycles. The van der Waals surface area contributed by atoms with Crippen LogP contribution in [-0.4, -0.2) is 67.9 Å². The zero-order valence-electron chi connectivity index (χ0n) is 23.3. The molecule has 0 radical (unpaired) electrons. The molecular formula is C30H30N4O7S2. The van der Waals surface area contributed by atoms with Gasteiger partial charge in [-0.05, 0) is 61.4 Å². The summed E-state index contributed by atoms with van der Waals surface area (Å²) in [7, 11) is 1.48. The van der Waals surface area contributed by atoms with Crippen molar-refractivity contribution >= 4 is 52.2 Å². The number of carbonyl (C=O) groups excluding carboxylic acids is 2. The number of fused-ring (bicyclic) bond motifs is 2. The number of thioether (sulfide) groups is 1. The molecule has 3 N–H and O–H groups in total. The number of furan rings is 1. The van der Waals surface area contributed by atoms with Gasteiger partial charge in [-0.2, -0.15) is 0 Å². The molecule has 2 aromatic heterocycles. The SMILES string of the molecule is COc1ccc(-c2ccc(C=C3SC(=S)N(C4CC5CCC4C5)C3=O)o2)cc1OCC(=O)NC(Cc1cnc[nH]1)C(=O)O. The number of aliphatic carboxylic acids is 1. The fraction of sp³-hybridized carbons (Fsp3) is 0.367. The number of aromatic nitrogens is 2. The van der Waals surface area contributed by atoms with Crippen LogP contribution in [0, 0.1) is 11.8 Å². The Bertz CT molecular complexity index is 1580. The van der Waals surface area contributed by atoms with Crippen molar-refractivity contribution in [2.45, 2.75) is 44.2 Å². The van der Waals surface area contributed by atoms with Gasteiger partial charge in [-0.1, -0.05) is 30.4 Å². The summed E-state index contributed by atoms with van der Waals surface area (Å²) in [6, 6.07) is 7.76. The molecule has 43 heavy (non-hydrogen) atoms. The number of benzene rings is 1. The Morgan fingerprint density at radius 2 is 2.14 bits per heavy atom. The average molecular weight is 623 g/mol. The van der Waals surface area contributed by atoms with Gasteiger partial charge < -0.3 is 29.3 Å². The van der Waals surface area contributed by atoms with Crippen molar-refractivity contribution in [3.8, 4) is 22.8 Å². The van der Waals surface area contributed by atoms with Crippen molar-refractivity contribution in [3.63, 3.8) is 0 Å². The number of hydrogen-bond acceptors (Lipinski definition) is 9. The van der Waals surface area contributed by atoms with E-state index in [1.54, 1.807) is 36.4 Å². The average Bonchev–Trinajstić information content (AvgIpc) is 3.83. The molecule has 1 aromatic carbocycles. The van der Waals surface area contributed by atoms with E-state index >= 15 is 0 Å². The maximum absolute atomic E-state index is 13.3. The third-order valence-electron chi connectivity index (χ3n) is 8.18. The van der Waals surface area contributed by atoms with Crippen LogP contribution in [0.15, 0.2) is 52.2 Å². The summed E-state index contributed by atoms with van der Waals surface area (Å²) >= 11 is 6.91. The van der Waals surface area contributed by atoms with Crippen molar-refractivity contribution in [2.24, 2.45) is 11.8 Å². The molecule has 3 aromatic rings. The number of H-pyrrole nitrogens is 1. The number of ether oxygens (including phenoxy) is 2. The van der Waals surface area contributed by atoms with E-state index in [0.717, 1.165) is 6.42 Å². The highest BCUT2D eigenvalue weighted by atomic mass is 32.2. The number of hydrogen-bond donors (Lipinski definition) is 3. The Labute approximate surface area is 257 Å². The molecular weight excluding hydrogens is 592 g/mol. The molecule has 224 valence electrons. The van der Waals surface area contributed by atoms with E-state index in [1.165, 1.54) is 50.7 Å². The highest BCUT2D eigenvalue weighted by molar-refractivity contribution is 8.26. The molecule has 1 aliphatic heterocycles. The Balaban J connectivity index is 1.12. The van der Waals surface area contributed by atoms with E-state index < -0.39 is 24.5 Å². The highest BCUT2D eigenvalue weighted by Gasteiger charge is 2.48. The van der Waals surface area contributed by atoms with Crippen LogP contribution >= 0.6 is 24.0 Å². The van der Waals surface area contributed by atoms with Crippen molar-refractivity contribution in [1.82, 2.24) is 20.2 Å². The van der Waals surface area contributed by atoms with E-state index in [2.05, 4.69) is 15.3 Å². The van der Waals surface area contributed by atoms with Crippen molar-refractivity contribution < 1.29 is 33.4 Å². The lowest BCUT2D eigenvalue weighted by Gasteiger charge is -2.30. The van der Waals surface area contributed by atoms with Crippen LogP contribution in [0.3, 0.4) is 0 Å². The molecule has 3 fully saturated rings. The predicted molar refractivity (Wildman–Crippen MR) is 162 cm³/mol. The quantitative estimate of drug-likeness (QED) is 0.209. The third-order valence-corrected chi connectivity index (χ3v) is 9.51. The molecule has 4 unspecified atom stereocenters. The number of thiocarbonyl (C=S) groups is 1. The Morgan fingerprint density at radius 1 is 1.28 bits per heavy atom. The van der Waals surface area contributed by atoms with Crippen LogP contribution in [0.1, 0.15) is 37.1 Å². The Hall–Kier alpha value is -4.10. The number of nitrogens with one attached hydrogen (secondary N) is 2. The number of amides is 2. The molecule has 1 saturated heterocycles. The minimum absolute atomic E-state index is 0.0480. The zero-order chi connectivity index (χ0) is 30.1. The van der Waals surface area contributed by atoms with Crippen LogP contribution in [0.25, 0.3) is 17.4 Å². The largest absolute Gasteiger partial charge is 0.493 e. The van der Waals surface area contributed by atoms with E-state index in [9.17, 15) is 19.5 Å². The maximum atomic E-state index is 13.3. The minimum atomic E-state index is -1.18. The highest BCUT2D eigenvalue weighted by Crippen LogP contribution is 2.49. The number of rotatable bonds is 11. The molecule has 11 nitrogen and oxygen atoms in total. The van der Waals surface area contributed by atoms with Crippen LogP contribution < -0.4 is 14.8 Å². The predicted octanol–water partition coefficient (Wildman–Crippen LogP) is 4.26. The van der Waals surface area contributed by atoms with Gasteiger partial charge in [0.15, 0.2) is 18.1 Å². The third kappa shape index (κ3) is 6.18. The van der Waals surface area contributed by atoms with Crippen molar-refractivity contribution in [1.29, 1.82) is 0 Å². The van der Waals surface area contributed by atoms with Crippen LogP contribution in [0.2, 0.25) is 0 Å². The number of methoxy groups -OCH3 is 1. The van der Waals surface area contributed by atoms with Gasteiger partial charge in [-0.15, -0.1) is 0 Å². The van der Waals surface area contributed by atoms with Gasteiger partial charge in [0, 0.05) is 36.0 Å². The first-order valence-electron chi connectivity index (χ1n) is 14.0. The summed E-state index contributed by atoms with van der Waals surface area (Å²) in [6.45, 7) is -0.430. The molecule has 0 spiro atoms. The monoisotopic (exact) mass is 622 g/mol. The second-order valence-electron chi connectivity index (χ2n) is 10.9. The van der Waals surface area contributed by atoms with Crippen LogP contribution in [-0.2, 0) is 20.8 Å². The summed E-state index contributed by atoms with van der Waals surface area (Å²) < 4.78 is 17.8. The lowest BCUT2D eigenvalue weighted by Crippen LogP contribution is -2.44. The molecule has 2 saturated carbocycles. The molecule has 13 heteroatoms. The molecule has 2 amide bonds. The number of imidazole rings is 1. The van der Waals surface area contributed by atoms with Gasteiger partial charge in [-0.25, -0.2) is 9.78 Å². The van der Waals surface area contributed by atoms with E-state index in [4.69, 9.17) is 26.1 Å². The van der Waals surface area contributed by atoms with Gasteiger partial charge >= 0.3 is 5.97 Å². The number of nitrogens with zero attached hydrogens (tertiary/aromatic N) is 2. The smallest absolute Gasteiger partial charge is 0.326 e. The standard InChI is InChI=1S/C30H30N4O7S2/c1-39-24-6-4-18(10-25(24)40-14-27(35)33-21(29(37)38)11-19-13-31-15-32-19)23-7-5-20(41-23)12-26-28(36)34(30(42)43-26)22-9-16-2-3-17(22)8-16/h4-7,10,12-13,15-17,21-22H,2-3,8-9,11,14H2,1H3,(H,31,32)(H,33,35)(H,37,38). The molecule has 4 atom stereocenters. The van der Waals surface area contributed by atoms with Gasteiger partial charge in [-0.3, -0.25) is 14.5 Å². The molecule has 6 rings (SSSR count). The van der Waals surface area contributed by atoms with Gasteiger partial charge in [0.25, 0.3) is 11.8 Å². The summed E-state index contributed by atoms with van der Waals surface area (Å²) in [4.78, 5) is 46.5. The normalized spacial score (nSPS) is 22.8. The van der Waals surface area contributed by atoms with Crippen LogP contribution in [0.5, 0.6) is 11.5 Å². The van der Waals surface area contributed by atoms with Gasteiger partial charge in [0.1, 0.15) is 21.9 Å². The van der Waals surface area contributed by atoms with E-state index in [0.29, 0.717) is 49.6 Å². The van der Waals surface area contributed by atoms with E-state index in [-0.39, 0.29) is 24.1 Å². The van der Waals surface area contributed by atoms with Crippen molar-refractivity contribution in [3.05, 3.63) is 59.2 Å². The number of carboxylic acids is 1. The maximum Gasteiger partial charge on any atom is 0.326 e. The number of carbonyl (C=O) groups is 3. The summed E-state index contributed by atoms with van der Waals surface area (Å²) in [6.07, 6.45) is 9.35. The number of carboxylic acid groups (broad SMARTS) is 1. The first-order valence-corrected chi connectivity index (χ1v) is 15.2. The van der Waals surface area contributed by atoms with Crippen molar-refractivity contribution in [2.75, 3.05) is 13.7 Å². The fourth-order valence-corrected chi connectivity index (χ4v) is 7.50. The second kappa shape index (κ2) is 12.3. The molecule has 2 bridgehead atoms. The Kier molecular flexibility index (Phi) is 8.26. The van der Waals surface area contributed by atoms with E-state index in [1.807, 2.05) is 4.90 Å². The second-order valence-corrected chi connectivity index (χ2v) is 12.6. The fourth-order valence-electron chi connectivity index (χ4n) is 6.15. The zero-order valence-corrected chi connectivity index (χ0v) is 24.9. The summed E-state index contributed by atoms with van der Waals surface area (Å²) in [5.74, 6) is 1.11. The molecule has 3 aliphatic rings. The first kappa shape index (κ1) is 29.0. The molecule has 2 aliphatic carbocycles. The van der Waals surface area contributed by atoms with Gasteiger partial charge in [0.05, 0.1) is 18.3 Å².